The zero-order valence-electron chi connectivity index (χ0n) is 9.26. The highest BCUT2D eigenvalue weighted by atomic mass is 16.5. The molecule has 0 saturated heterocycles. The third kappa shape index (κ3) is 24.6. The highest BCUT2D eigenvalue weighted by Gasteiger charge is 1.88. The molecule has 0 aliphatic heterocycles. The number of ether oxygens (including phenoxy) is 2. The van der Waals surface area contributed by atoms with E-state index in [-0.39, 0.29) is 5.97 Å². The van der Waals surface area contributed by atoms with Gasteiger partial charge in [0.15, 0.2) is 0 Å². The number of esters is 1. The summed E-state index contributed by atoms with van der Waals surface area (Å²) < 4.78 is 9.48. The van der Waals surface area contributed by atoms with E-state index in [1.807, 2.05) is 13.8 Å². The fourth-order valence-electron chi connectivity index (χ4n) is 0.564. The van der Waals surface area contributed by atoms with Crippen molar-refractivity contribution in [2.24, 2.45) is 0 Å². The van der Waals surface area contributed by atoms with Crippen LogP contribution >= 0.6 is 0 Å². The van der Waals surface area contributed by atoms with Gasteiger partial charge in [0.25, 0.3) is 0 Å². The largest absolute Gasteiger partial charge is 0.466 e. The standard InChI is InChI=1S/C6H12O2.C4H10O/c1-3-4-5-8-6(2)7;1-3-5-4-2/h3-5H2,1-2H3;3-4H2,1-2H3. The second-order valence-corrected chi connectivity index (χ2v) is 2.48. The molecule has 80 valence electrons. The van der Waals surface area contributed by atoms with Gasteiger partial charge in [0.2, 0.25) is 0 Å². The van der Waals surface area contributed by atoms with Crippen LogP contribution in [0.4, 0.5) is 0 Å². The Kier molecular flexibility index (Phi) is 16.1. The molecule has 0 spiro atoms. The van der Waals surface area contributed by atoms with Gasteiger partial charge in [-0.15, -0.1) is 0 Å². The molecule has 0 aromatic heterocycles. The number of carbonyl (C=O) groups is 1. The van der Waals surface area contributed by atoms with Gasteiger partial charge in [-0.05, 0) is 20.3 Å². The van der Waals surface area contributed by atoms with E-state index in [1.165, 1.54) is 6.92 Å². The maximum absolute atomic E-state index is 10.1. The first-order valence-electron chi connectivity index (χ1n) is 4.90. The maximum Gasteiger partial charge on any atom is 0.302 e. The van der Waals surface area contributed by atoms with Gasteiger partial charge in [-0.25, -0.2) is 0 Å². The van der Waals surface area contributed by atoms with Crippen molar-refractivity contribution in [3.63, 3.8) is 0 Å². The molecule has 0 unspecified atom stereocenters. The minimum atomic E-state index is -0.182. The number of carbonyl (C=O) groups excluding carboxylic acids is 1. The summed E-state index contributed by atoms with van der Waals surface area (Å²) in [6.07, 6.45) is 2.05. The van der Waals surface area contributed by atoms with Gasteiger partial charge in [0.1, 0.15) is 0 Å². The third-order valence-corrected chi connectivity index (χ3v) is 1.21. The molecule has 0 aliphatic rings. The lowest BCUT2D eigenvalue weighted by molar-refractivity contribution is -0.141. The van der Waals surface area contributed by atoms with Crippen molar-refractivity contribution in [3.05, 3.63) is 0 Å². The predicted octanol–water partition coefficient (Wildman–Crippen LogP) is 2.39. The molecule has 0 bridgehead atoms. The molecule has 0 heterocycles. The molecule has 0 radical (unpaired) electrons. The van der Waals surface area contributed by atoms with Crippen LogP contribution in [0, 0.1) is 0 Å². The Hall–Kier alpha value is -0.570. The molecule has 0 atom stereocenters. The number of rotatable bonds is 5. The predicted molar refractivity (Wildman–Crippen MR) is 53.7 cm³/mol. The highest BCUT2D eigenvalue weighted by Crippen LogP contribution is 1.86. The Morgan fingerprint density at radius 3 is 1.92 bits per heavy atom. The Labute approximate surface area is 81.4 Å². The average Bonchev–Trinajstić information content (AvgIpc) is 2.07. The fraction of sp³-hybridized carbons (Fsp3) is 0.900. The van der Waals surface area contributed by atoms with Gasteiger partial charge in [0.05, 0.1) is 6.61 Å². The monoisotopic (exact) mass is 190 g/mol. The van der Waals surface area contributed by atoms with Crippen molar-refractivity contribution in [3.8, 4) is 0 Å². The third-order valence-electron chi connectivity index (χ3n) is 1.21. The van der Waals surface area contributed by atoms with Crippen molar-refractivity contribution in [2.45, 2.75) is 40.5 Å². The zero-order chi connectivity index (χ0) is 10.5. The minimum Gasteiger partial charge on any atom is -0.466 e. The van der Waals surface area contributed by atoms with Gasteiger partial charge in [-0.2, -0.15) is 0 Å². The first-order valence-corrected chi connectivity index (χ1v) is 4.90. The van der Waals surface area contributed by atoms with Gasteiger partial charge in [-0.3, -0.25) is 4.79 Å². The lowest BCUT2D eigenvalue weighted by atomic mass is 10.4. The topological polar surface area (TPSA) is 35.5 Å². The van der Waals surface area contributed by atoms with Crippen molar-refractivity contribution >= 4 is 5.97 Å². The van der Waals surface area contributed by atoms with Gasteiger partial charge >= 0.3 is 5.97 Å². The maximum atomic E-state index is 10.1. The SMILES string of the molecule is CCCCOC(C)=O.CCOCC. The molecule has 0 rings (SSSR count). The minimum absolute atomic E-state index is 0.182. The van der Waals surface area contributed by atoms with Gasteiger partial charge in [0, 0.05) is 20.1 Å². The quantitative estimate of drug-likeness (QED) is 0.493. The number of hydrogen-bond donors (Lipinski definition) is 0. The lowest BCUT2D eigenvalue weighted by Crippen LogP contribution is -1.99. The van der Waals surface area contributed by atoms with E-state index in [1.54, 1.807) is 0 Å². The molecule has 0 aromatic rings. The molecule has 13 heavy (non-hydrogen) atoms. The summed E-state index contributed by atoms with van der Waals surface area (Å²) in [7, 11) is 0. The Morgan fingerprint density at radius 1 is 1.15 bits per heavy atom. The Balaban J connectivity index is 0. The van der Waals surface area contributed by atoms with E-state index < -0.39 is 0 Å². The van der Waals surface area contributed by atoms with E-state index in [9.17, 15) is 4.79 Å². The number of unbranched alkanes of at least 4 members (excludes halogenated alkanes) is 1. The molecule has 0 fully saturated rings. The zero-order valence-corrected chi connectivity index (χ0v) is 9.26. The van der Waals surface area contributed by atoms with Crippen molar-refractivity contribution in [1.29, 1.82) is 0 Å². The van der Waals surface area contributed by atoms with Crippen LogP contribution in [-0.4, -0.2) is 25.8 Å². The van der Waals surface area contributed by atoms with Gasteiger partial charge < -0.3 is 9.47 Å². The normalized spacial score (nSPS) is 8.62. The Bertz CT molecular complexity index is 100. The summed E-state index contributed by atoms with van der Waals surface area (Å²) in [4.78, 5) is 10.1. The average molecular weight is 190 g/mol. The van der Waals surface area contributed by atoms with E-state index >= 15 is 0 Å². The molecule has 0 aliphatic carbocycles. The first kappa shape index (κ1) is 14.9. The van der Waals surface area contributed by atoms with Gasteiger partial charge in [-0.1, -0.05) is 13.3 Å². The van der Waals surface area contributed by atoms with Crippen LogP contribution in [0.2, 0.25) is 0 Å². The number of hydrogen-bond acceptors (Lipinski definition) is 3. The fourth-order valence-corrected chi connectivity index (χ4v) is 0.564. The van der Waals surface area contributed by atoms with Crippen LogP contribution in [0.1, 0.15) is 40.5 Å². The first-order chi connectivity index (χ1) is 6.18. The van der Waals surface area contributed by atoms with Crippen LogP contribution < -0.4 is 0 Å². The second kappa shape index (κ2) is 14.0. The van der Waals surface area contributed by atoms with Crippen LogP contribution in [0.5, 0.6) is 0 Å². The van der Waals surface area contributed by atoms with E-state index in [0.29, 0.717) is 6.61 Å². The molecule has 0 N–H and O–H groups in total. The molecule has 0 saturated carbocycles. The summed E-state index contributed by atoms with van der Waals surface area (Å²) in [5.74, 6) is -0.182. The summed E-state index contributed by atoms with van der Waals surface area (Å²) in [6, 6.07) is 0. The highest BCUT2D eigenvalue weighted by molar-refractivity contribution is 5.65. The second-order valence-electron chi connectivity index (χ2n) is 2.48. The molecular weight excluding hydrogens is 168 g/mol. The van der Waals surface area contributed by atoms with Crippen LogP contribution in [0.3, 0.4) is 0 Å². The van der Waals surface area contributed by atoms with Crippen molar-refractivity contribution in [2.75, 3.05) is 19.8 Å². The summed E-state index contributed by atoms with van der Waals surface area (Å²) in [6.45, 7) is 9.73. The molecular formula is C10H22O3. The van der Waals surface area contributed by atoms with Crippen LogP contribution in [-0.2, 0) is 14.3 Å². The van der Waals surface area contributed by atoms with Crippen LogP contribution in [0.15, 0.2) is 0 Å². The van der Waals surface area contributed by atoms with E-state index in [2.05, 4.69) is 11.7 Å². The molecule has 3 nitrogen and oxygen atoms in total. The molecule has 0 aromatic carbocycles. The summed E-state index contributed by atoms with van der Waals surface area (Å²) >= 11 is 0. The van der Waals surface area contributed by atoms with Crippen molar-refractivity contribution in [1.82, 2.24) is 0 Å². The van der Waals surface area contributed by atoms with Crippen molar-refractivity contribution < 1.29 is 14.3 Å². The van der Waals surface area contributed by atoms with E-state index in [4.69, 9.17) is 4.74 Å². The Morgan fingerprint density at radius 2 is 1.69 bits per heavy atom. The summed E-state index contributed by atoms with van der Waals surface area (Å²) in [5, 5.41) is 0. The van der Waals surface area contributed by atoms with Crippen LogP contribution in [0.25, 0.3) is 0 Å². The molecule has 3 heteroatoms. The summed E-state index contributed by atoms with van der Waals surface area (Å²) in [5.41, 5.74) is 0. The molecule has 0 amide bonds. The lowest BCUT2D eigenvalue weighted by Gasteiger charge is -1.96. The smallest absolute Gasteiger partial charge is 0.302 e. The van der Waals surface area contributed by atoms with E-state index in [0.717, 1.165) is 26.1 Å².